The summed E-state index contributed by atoms with van der Waals surface area (Å²) < 4.78 is 50.2. The first-order valence-corrected chi connectivity index (χ1v) is 16.2. The number of hydrogen-bond acceptors (Lipinski definition) is 5. The van der Waals surface area contributed by atoms with Crippen molar-refractivity contribution >= 4 is 18.0 Å². The lowest BCUT2D eigenvalue weighted by Crippen LogP contribution is -2.56. The Morgan fingerprint density at radius 3 is 2.12 bits per heavy atom. The molecule has 0 fully saturated rings. The largest absolute Gasteiger partial charge is 0.489 e. The number of nitrogens with one attached hydrogen (secondary N) is 1. The molecule has 0 spiro atoms. The number of alkyl halides is 3. The van der Waals surface area contributed by atoms with Crippen molar-refractivity contribution in [2.45, 2.75) is 65.0 Å². The van der Waals surface area contributed by atoms with E-state index in [-0.39, 0.29) is 38.0 Å². The van der Waals surface area contributed by atoms with E-state index in [1.54, 1.807) is 18.2 Å². The number of nitrogens with zero attached hydrogens (tertiary/aromatic N) is 1. The molecular formula is C39H39F3N2O6. The van der Waals surface area contributed by atoms with Crippen LogP contribution >= 0.6 is 0 Å². The number of carboxylic acid groups (broad SMARTS) is 1. The second-order valence-corrected chi connectivity index (χ2v) is 13.5. The number of aliphatic carboxylic acids is 1. The van der Waals surface area contributed by atoms with Crippen LogP contribution in [0.1, 0.15) is 48.6 Å². The van der Waals surface area contributed by atoms with Gasteiger partial charge in [0.1, 0.15) is 24.4 Å². The van der Waals surface area contributed by atoms with E-state index in [2.05, 4.69) is 5.32 Å². The van der Waals surface area contributed by atoms with Crippen LogP contribution in [-0.4, -0.2) is 46.7 Å². The molecule has 1 aliphatic rings. The van der Waals surface area contributed by atoms with Crippen LogP contribution in [0.5, 0.6) is 5.75 Å². The number of halogens is 3. The van der Waals surface area contributed by atoms with Crippen molar-refractivity contribution in [1.29, 1.82) is 0 Å². The zero-order chi connectivity index (χ0) is 36.1. The zero-order valence-corrected chi connectivity index (χ0v) is 28.0. The maximum absolute atomic E-state index is 13.8. The van der Waals surface area contributed by atoms with Crippen LogP contribution in [0.25, 0.3) is 11.1 Å². The second kappa shape index (κ2) is 15.1. The Morgan fingerprint density at radius 2 is 1.50 bits per heavy atom. The van der Waals surface area contributed by atoms with Crippen LogP contribution in [-0.2, 0) is 46.5 Å². The van der Waals surface area contributed by atoms with Gasteiger partial charge in [-0.15, -0.1) is 0 Å². The monoisotopic (exact) mass is 688 g/mol. The first-order chi connectivity index (χ1) is 23.7. The molecule has 0 bridgehead atoms. The van der Waals surface area contributed by atoms with Crippen LogP contribution in [0.15, 0.2) is 97.1 Å². The maximum atomic E-state index is 13.8. The average molecular weight is 689 g/mol. The van der Waals surface area contributed by atoms with Gasteiger partial charge in [-0.2, -0.15) is 13.2 Å². The van der Waals surface area contributed by atoms with Gasteiger partial charge in [0.05, 0.1) is 18.7 Å². The Kier molecular flexibility index (Phi) is 10.8. The summed E-state index contributed by atoms with van der Waals surface area (Å²) in [6.07, 6.45) is -5.02. The van der Waals surface area contributed by atoms with Crippen LogP contribution in [0, 0.1) is 5.41 Å². The molecule has 0 aromatic heterocycles. The number of amides is 2. The summed E-state index contributed by atoms with van der Waals surface area (Å²) in [6, 6.07) is 24.8. The lowest BCUT2D eigenvalue weighted by atomic mass is 9.93. The average Bonchev–Trinajstić information content (AvgIpc) is 3.08. The van der Waals surface area contributed by atoms with Crippen LogP contribution in [0.4, 0.5) is 18.0 Å². The number of carbonyl (C=O) groups is 3. The molecule has 50 heavy (non-hydrogen) atoms. The molecule has 262 valence electrons. The third-order valence-corrected chi connectivity index (χ3v) is 8.28. The summed E-state index contributed by atoms with van der Waals surface area (Å²) in [4.78, 5) is 40.8. The first-order valence-electron chi connectivity index (χ1n) is 16.2. The highest BCUT2D eigenvalue weighted by molar-refractivity contribution is 5.90. The highest BCUT2D eigenvalue weighted by Gasteiger charge is 2.38. The molecule has 0 saturated heterocycles. The Morgan fingerprint density at radius 1 is 0.860 bits per heavy atom. The minimum absolute atomic E-state index is 0.00738. The highest BCUT2D eigenvalue weighted by atomic mass is 19.4. The van der Waals surface area contributed by atoms with Gasteiger partial charge < -0.3 is 19.9 Å². The molecule has 0 saturated carbocycles. The molecule has 0 radical (unpaired) electrons. The molecule has 8 nitrogen and oxygen atoms in total. The Balaban J connectivity index is 1.31. The molecule has 4 aromatic carbocycles. The number of carbonyl (C=O) groups excluding carboxylic acids is 2. The molecule has 2 amide bonds. The van der Waals surface area contributed by atoms with E-state index < -0.39 is 41.8 Å². The molecule has 5 rings (SSSR count). The molecule has 1 heterocycles. The van der Waals surface area contributed by atoms with Crippen molar-refractivity contribution in [3.63, 3.8) is 0 Å². The molecule has 2 N–H and O–H groups in total. The van der Waals surface area contributed by atoms with E-state index in [4.69, 9.17) is 9.47 Å². The fraction of sp³-hybridized carbons (Fsp3) is 0.308. The van der Waals surface area contributed by atoms with Gasteiger partial charge in [-0.3, -0.25) is 9.69 Å². The molecule has 1 aliphatic heterocycles. The number of hydrogen-bond donors (Lipinski definition) is 2. The number of rotatable bonds is 10. The van der Waals surface area contributed by atoms with Gasteiger partial charge in [0.25, 0.3) is 0 Å². The van der Waals surface area contributed by atoms with Crippen molar-refractivity contribution in [1.82, 2.24) is 10.2 Å². The summed E-state index contributed by atoms with van der Waals surface area (Å²) >= 11 is 0. The van der Waals surface area contributed by atoms with Gasteiger partial charge in [-0.25, -0.2) is 9.59 Å². The predicted octanol–water partition coefficient (Wildman–Crippen LogP) is 7.67. The van der Waals surface area contributed by atoms with E-state index in [0.29, 0.717) is 16.9 Å². The fourth-order valence-electron chi connectivity index (χ4n) is 5.56. The number of carboxylic acids is 1. The minimum Gasteiger partial charge on any atom is -0.489 e. The first kappa shape index (κ1) is 36.0. The van der Waals surface area contributed by atoms with Crippen molar-refractivity contribution in [3.8, 4) is 16.9 Å². The summed E-state index contributed by atoms with van der Waals surface area (Å²) in [7, 11) is 0. The van der Waals surface area contributed by atoms with Gasteiger partial charge in [0.15, 0.2) is 0 Å². The fourth-order valence-corrected chi connectivity index (χ4v) is 5.56. The quantitative estimate of drug-likeness (QED) is 0.177. The van der Waals surface area contributed by atoms with E-state index in [9.17, 15) is 32.7 Å². The third kappa shape index (κ3) is 9.43. The van der Waals surface area contributed by atoms with Gasteiger partial charge in [0, 0.05) is 12.8 Å². The van der Waals surface area contributed by atoms with Crippen LogP contribution < -0.4 is 10.1 Å². The molecular weight excluding hydrogens is 649 g/mol. The van der Waals surface area contributed by atoms with Gasteiger partial charge >= 0.3 is 18.2 Å². The standard InChI is InChI=1S/C39H39F3N2O6/c1-38(2,3)24-50-37(48)44-22-30-20-32(49-23-26-11-16-31(17-12-26)39(40,41)42)18-15-29(30)21-34(44)35(45)43-33(36(46)47)19-25-9-13-28(14-10-25)27-7-5-4-6-8-27/h4-18,20,33-34H,19,21-24H2,1-3H3,(H,43,45)(H,46,47)/t33-,34-/m0/s1. The van der Waals surface area contributed by atoms with Gasteiger partial charge in [-0.1, -0.05) is 93.6 Å². The number of ether oxygens (including phenoxy) is 2. The van der Waals surface area contributed by atoms with E-state index in [0.717, 1.165) is 34.4 Å². The Bertz CT molecular complexity index is 1800. The topological polar surface area (TPSA) is 105 Å². The molecule has 4 aromatic rings. The summed E-state index contributed by atoms with van der Waals surface area (Å²) in [5.74, 6) is -1.41. The summed E-state index contributed by atoms with van der Waals surface area (Å²) in [5, 5.41) is 12.7. The summed E-state index contributed by atoms with van der Waals surface area (Å²) in [6.45, 7) is 5.81. The lowest BCUT2D eigenvalue weighted by molar-refractivity contribution is -0.142. The Hall–Kier alpha value is -5.32. The Labute approximate surface area is 288 Å². The van der Waals surface area contributed by atoms with Crippen molar-refractivity contribution in [3.05, 3.63) is 125 Å². The van der Waals surface area contributed by atoms with Crippen LogP contribution in [0.3, 0.4) is 0 Å². The van der Waals surface area contributed by atoms with Crippen molar-refractivity contribution in [2.75, 3.05) is 6.61 Å². The highest BCUT2D eigenvalue weighted by Crippen LogP contribution is 2.31. The van der Waals surface area contributed by atoms with Gasteiger partial charge in [-0.05, 0) is 63.1 Å². The minimum atomic E-state index is -4.43. The third-order valence-electron chi connectivity index (χ3n) is 8.28. The van der Waals surface area contributed by atoms with Gasteiger partial charge in [0.2, 0.25) is 5.91 Å². The molecule has 2 atom stereocenters. The predicted molar refractivity (Wildman–Crippen MR) is 181 cm³/mol. The molecule has 0 unspecified atom stereocenters. The zero-order valence-electron chi connectivity index (χ0n) is 28.0. The van der Waals surface area contributed by atoms with E-state index in [1.165, 1.54) is 17.0 Å². The van der Waals surface area contributed by atoms with Crippen LogP contribution in [0.2, 0.25) is 0 Å². The molecule has 11 heteroatoms. The number of benzene rings is 4. The second-order valence-electron chi connectivity index (χ2n) is 13.5. The number of fused-ring (bicyclic) bond motifs is 1. The lowest BCUT2D eigenvalue weighted by Gasteiger charge is -2.36. The summed E-state index contributed by atoms with van der Waals surface area (Å²) in [5.41, 5.74) is 3.62. The smallest absolute Gasteiger partial charge is 0.416 e. The van der Waals surface area contributed by atoms with Crippen molar-refractivity contribution in [2.24, 2.45) is 5.41 Å². The van der Waals surface area contributed by atoms with Crippen molar-refractivity contribution < 1.29 is 42.1 Å². The van der Waals surface area contributed by atoms with E-state index >= 15 is 0 Å². The molecule has 0 aliphatic carbocycles. The normalized spacial score (nSPS) is 15.1. The SMILES string of the molecule is CC(C)(C)COC(=O)N1Cc2cc(OCc3ccc(C(F)(F)F)cc3)ccc2C[C@H]1C(=O)N[C@@H](Cc1ccc(-c2ccccc2)cc1)C(=O)O. The maximum Gasteiger partial charge on any atom is 0.416 e. The van der Waals surface area contributed by atoms with E-state index in [1.807, 2.05) is 75.4 Å².